The topological polar surface area (TPSA) is 40.7 Å². The lowest BCUT2D eigenvalue weighted by atomic mass is 10.0. The Morgan fingerprint density at radius 1 is 1.29 bits per heavy atom. The van der Waals surface area contributed by atoms with Crippen molar-refractivity contribution in [1.82, 2.24) is 15.3 Å². The second-order valence-corrected chi connectivity index (χ2v) is 4.55. The van der Waals surface area contributed by atoms with E-state index in [-0.39, 0.29) is 0 Å². The van der Waals surface area contributed by atoms with Crippen molar-refractivity contribution in [2.24, 2.45) is 0 Å². The van der Waals surface area contributed by atoms with Gasteiger partial charge in [-0.25, -0.2) is 4.98 Å². The second-order valence-electron chi connectivity index (χ2n) is 4.18. The normalized spacial score (nSPS) is 10.8. The first kappa shape index (κ1) is 12.1. The van der Waals surface area contributed by atoms with Gasteiger partial charge in [-0.2, -0.15) is 0 Å². The van der Waals surface area contributed by atoms with Crippen LogP contribution < -0.4 is 5.32 Å². The first-order chi connectivity index (χ1) is 8.11. The van der Waals surface area contributed by atoms with E-state index in [1.165, 1.54) is 11.1 Å². The minimum atomic E-state index is 0.596. The van der Waals surface area contributed by atoms with Crippen LogP contribution in [0.15, 0.2) is 18.2 Å². The van der Waals surface area contributed by atoms with Gasteiger partial charge in [0.05, 0.1) is 6.54 Å². The van der Waals surface area contributed by atoms with Crippen molar-refractivity contribution in [2.75, 3.05) is 7.05 Å². The zero-order valence-electron chi connectivity index (χ0n) is 10.3. The average Bonchev–Trinajstić information content (AvgIpc) is 2.64. The number of hydrogen-bond donors (Lipinski definition) is 2. The lowest BCUT2D eigenvalue weighted by molar-refractivity contribution is 0.772. The fourth-order valence-electron chi connectivity index (χ4n) is 1.73. The molecule has 0 radical (unpaired) electrons. The minimum absolute atomic E-state index is 0.596. The zero-order valence-corrected chi connectivity index (χ0v) is 11.0. The Balaban J connectivity index is 2.41. The van der Waals surface area contributed by atoms with Crippen molar-refractivity contribution in [1.29, 1.82) is 0 Å². The molecule has 2 aromatic rings. The third-order valence-corrected chi connectivity index (χ3v) is 3.11. The van der Waals surface area contributed by atoms with Crippen molar-refractivity contribution in [2.45, 2.75) is 20.4 Å². The maximum Gasteiger partial charge on any atom is 0.134 e. The minimum Gasteiger partial charge on any atom is -0.331 e. The Morgan fingerprint density at radius 3 is 2.71 bits per heavy atom. The predicted molar refractivity (Wildman–Crippen MR) is 71.3 cm³/mol. The Morgan fingerprint density at radius 2 is 2.06 bits per heavy atom. The van der Waals surface area contributed by atoms with Crippen LogP contribution in [0.5, 0.6) is 0 Å². The molecule has 1 aromatic carbocycles. The molecular formula is C13H16ClN3. The summed E-state index contributed by atoms with van der Waals surface area (Å²) in [7, 11) is 1.88. The van der Waals surface area contributed by atoms with Gasteiger partial charge in [0, 0.05) is 5.56 Å². The largest absolute Gasteiger partial charge is 0.331 e. The van der Waals surface area contributed by atoms with E-state index >= 15 is 0 Å². The van der Waals surface area contributed by atoms with Crippen LogP contribution in [0, 0.1) is 13.8 Å². The first-order valence-electron chi connectivity index (χ1n) is 5.58. The molecule has 0 fully saturated rings. The summed E-state index contributed by atoms with van der Waals surface area (Å²) in [5.41, 5.74) is 4.39. The Kier molecular flexibility index (Phi) is 3.50. The van der Waals surface area contributed by atoms with E-state index < -0.39 is 0 Å². The van der Waals surface area contributed by atoms with E-state index in [0.29, 0.717) is 11.7 Å². The van der Waals surface area contributed by atoms with Gasteiger partial charge in [0.25, 0.3) is 0 Å². The molecule has 90 valence electrons. The van der Waals surface area contributed by atoms with Gasteiger partial charge in [-0.05, 0) is 38.1 Å². The molecule has 0 atom stereocenters. The Bertz CT molecular complexity index is 531. The molecule has 0 aliphatic carbocycles. The maximum atomic E-state index is 6.16. The van der Waals surface area contributed by atoms with Crippen molar-refractivity contribution < 1.29 is 0 Å². The molecule has 1 heterocycles. The number of aryl methyl sites for hydroxylation is 2. The van der Waals surface area contributed by atoms with Crippen LogP contribution in [0.2, 0.25) is 5.15 Å². The number of halogens is 1. The van der Waals surface area contributed by atoms with Gasteiger partial charge in [0.1, 0.15) is 16.7 Å². The van der Waals surface area contributed by atoms with Crippen LogP contribution >= 0.6 is 11.6 Å². The molecule has 0 saturated carbocycles. The lowest BCUT2D eigenvalue weighted by Crippen LogP contribution is -2.06. The number of aromatic nitrogens is 2. The van der Waals surface area contributed by atoms with Crippen LogP contribution in [0.25, 0.3) is 11.3 Å². The predicted octanol–water partition coefficient (Wildman–Crippen LogP) is 3.07. The molecule has 3 nitrogen and oxygen atoms in total. The van der Waals surface area contributed by atoms with Gasteiger partial charge in [-0.3, -0.25) is 0 Å². The molecule has 4 heteroatoms. The highest BCUT2D eigenvalue weighted by atomic mass is 35.5. The van der Waals surface area contributed by atoms with E-state index in [9.17, 15) is 0 Å². The molecule has 0 amide bonds. The third-order valence-electron chi connectivity index (χ3n) is 2.83. The van der Waals surface area contributed by atoms with Gasteiger partial charge >= 0.3 is 0 Å². The summed E-state index contributed by atoms with van der Waals surface area (Å²) in [6.07, 6.45) is 0. The maximum absolute atomic E-state index is 6.16. The third kappa shape index (κ3) is 2.51. The van der Waals surface area contributed by atoms with Gasteiger partial charge < -0.3 is 10.3 Å². The number of aromatic amines is 1. The molecule has 0 bridgehead atoms. The van der Waals surface area contributed by atoms with Gasteiger partial charge in [0.2, 0.25) is 0 Å². The molecule has 2 N–H and O–H groups in total. The van der Waals surface area contributed by atoms with Gasteiger partial charge in [-0.1, -0.05) is 23.7 Å². The SMILES string of the molecule is CNCc1nc(-c2ccc(C)c(C)c2)c(Cl)[nH]1. The van der Waals surface area contributed by atoms with E-state index in [1.807, 2.05) is 13.1 Å². The molecule has 0 unspecified atom stereocenters. The number of benzene rings is 1. The van der Waals surface area contributed by atoms with Gasteiger partial charge in [0.15, 0.2) is 0 Å². The van der Waals surface area contributed by atoms with Crippen LogP contribution in [-0.2, 0) is 6.54 Å². The second kappa shape index (κ2) is 4.90. The Labute approximate surface area is 106 Å². The summed E-state index contributed by atoms with van der Waals surface area (Å²) in [5, 5.41) is 3.64. The molecule has 1 aromatic heterocycles. The summed E-state index contributed by atoms with van der Waals surface area (Å²) in [5.74, 6) is 0.853. The van der Waals surface area contributed by atoms with E-state index in [2.05, 4.69) is 41.3 Å². The van der Waals surface area contributed by atoms with Crippen molar-refractivity contribution in [3.63, 3.8) is 0 Å². The fraction of sp³-hybridized carbons (Fsp3) is 0.308. The number of nitrogens with zero attached hydrogens (tertiary/aromatic N) is 1. The lowest BCUT2D eigenvalue weighted by Gasteiger charge is -2.02. The number of imidazole rings is 1. The quantitative estimate of drug-likeness (QED) is 0.878. The molecule has 2 rings (SSSR count). The molecule has 17 heavy (non-hydrogen) atoms. The summed E-state index contributed by atoms with van der Waals surface area (Å²) in [6.45, 7) is 4.87. The number of hydrogen-bond acceptors (Lipinski definition) is 2. The summed E-state index contributed by atoms with van der Waals surface area (Å²) in [6, 6.07) is 6.25. The van der Waals surface area contributed by atoms with Crippen molar-refractivity contribution >= 4 is 11.6 Å². The van der Waals surface area contributed by atoms with Crippen molar-refractivity contribution in [3.8, 4) is 11.3 Å². The molecule has 0 aliphatic rings. The standard InChI is InChI=1S/C13H16ClN3/c1-8-4-5-10(6-9(8)2)12-13(14)17-11(16-12)7-15-3/h4-6,15H,7H2,1-3H3,(H,16,17). The fourth-order valence-corrected chi connectivity index (χ4v) is 1.99. The van der Waals surface area contributed by atoms with E-state index in [1.54, 1.807) is 0 Å². The molecule has 0 aliphatic heterocycles. The summed E-state index contributed by atoms with van der Waals surface area (Å²) in [4.78, 5) is 7.56. The zero-order chi connectivity index (χ0) is 12.4. The highest BCUT2D eigenvalue weighted by molar-refractivity contribution is 6.31. The molecule has 0 saturated heterocycles. The number of nitrogens with one attached hydrogen (secondary N) is 2. The summed E-state index contributed by atoms with van der Waals surface area (Å²) < 4.78 is 0. The van der Waals surface area contributed by atoms with E-state index in [0.717, 1.165) is 17.1 Å². The number of H-pyrrole nitrogens is 1. The van der Waals surface area contributed by atoms with Crippen LogP contribution in [0.4, 0.5) is 0 Å². The van der Waals surface area contributed by atoms with E-state index in [4.69, 9.17) is 11.6 Å². The Hall–Kier alpha value is -1.32. The number of rotatable bonds is 3. The average molecular weight is 250 g/mol. The summed E-state index contributed by atoms with van der Waals surface area (Å²) >= 11 is 6.16. The van der Waals surface area contributed by atoms with Crippen molar-refractivity contribution in [3.05, 3.63) is 40.3 Å². The first-order valence-corrected chi connectivity index (χ1v) is 5.96. The smallest absolute Gasteiger partial charge is 0.134 e. The van der Waals surface area contributed by atoms with Crippen LogP contribution in [0.3, 0.4) is 0 Å². The highest BCUT2D eigenvalue weighted by Crippen LogP contribution is 2.27. The van der Waals surface area contributed by atoms with Crippen LogP contribution in [0.1, 0.15) is 17.0 Å². The molecule has 0 spiro atoms. The monoisotopic (exact) mass is 249 g/mol. The van der Waals surface area contributed by atoms with Crippen LogP contribution in [-0.4, -0.2) is 17.0 Å². The molecular weight excluding hydrogens is 234 g/mol. The van der Waals surface area contributed by atoms with Gasteiger partial charge in [-0.15, -0.1) is 0 Å². The highest BCUT2D eigenvalue weighted by Gasteiger charge is 2.10.